The van der Waals surface area contributed by atoms with Crippen LogP contribution >= 0.6 is 11.3 Å². The van der Waals surface area contributed by atoms with E-state index in [-0.39, 0.29) is 5.88 Å². The highest BCUT2D eigenvalue weighted by molar-refractivity contribution is 7.11. The first-order valence-corrected chi connectivity index (χ1v) is 8.43. The molecule has 1 aliphatic heterocycles. The first kappa shape index (κ1) is 15.2. The molecule has 122 valence electrons. The van der Waals surface area contributed by atoms with Gasteiger partial charge in [-0.25, -0.2) is 9.67 Å². The molecule has 6 nitrogen and oxygen atoms in total. The molecular formula is C18H13N5OS. The monoisotopic (exact) mass is 347 g/mol. The molecule has 2 aromatic heterocycles. The van der Waals surface area contributed by atoms with Crippen molar-refractivity contribution < 1.29 is 4.74 Å². The fourth-order valence-electron chi connectivity index (χ4n) is 2.87. The average Bonchev–Trinajstić information content (AvgIpc) is 3.35. The Morgan fingerprint density at radius 1 is 1.20 bits per heavy atom. The summed E-state index contributed by atoms with van der Waals surface area (Å²) in [6, 6.07) is 15.8. The third kappa shape index (κ3) is 2.58. The maximum Gasteiger partial charge on any atom is 0.205 e. The molecule has 25 heavy (non-hydrogen) atoms. The summed E-state index contributed by atoms with van der Waals surface area (Å²) in [5.41, 5.74) is 8.10. The van der Waals surface area contributed by atoms with Gasteiger partial charge in [-0.05, 0) is 17.0 Å². The van der Waals surface area contributed by atoms with Gasteiger partial charge in [0.25, 0.3) is 0 Å². The number of aromatic nitrogens is 3. The zero-order chi connectivity index (χ0) is 17.2. The van der Waals surface area contributed by atoms with Crippen LogP contribution in [0.3, 0.4) is 0 Å². The van der Waals surface area contributed by atoms with Crippen molar-refractivity contribution in [3.63, 3.8) is 0 Å². The van der Waals surface area contributed by atoms with Gasteiger partial charge in [0.2, 0.25) is 5.88 Å². The van der Waals surface area contributed by atoms with Crippen molar-refractivity contribution >= 4 is 22.8 Å². The number of nitrogens with two attached hydrogens (primary N) is 1. The maximum absolute atomic E-state index is 9.69. The number of benzene rings is 1. The van der Waals surface area contributed by atoms with Gasteiger partial charge in [0.1, 0.15) is 30.0 Å². The van der Waals surface area contributed by atoms with E-state index in [1.54, 1.807) is 11.0 Å². The highest BCUT2D eigenvalue weighted by atomic mass is 32.1. The Bertz CT molecular complexity index is 982. The molecule has 4 rings (SSSR count). The predicted octanol–water partition coefficient (Wildman–Crippen LogP) is 3.17. The topological polar surface area (TPSA) is 89.8 Å². The molecule has 0 bridgehead atoms. The van der Waals surface area contributed by atoms with E-state index in [1.807, 2.05) is 47.8 Å². The highest BCUT2D eigenvalue weighted by Gasteiger charge is 2.35. The minimum Gasteiger partial charge on any atom is -0.437 e. The molecule has 7 heteroatoms. The van der Waals surface area contributed by atoms with Crippen molar-refractivity contribution in [2.24, 2.45) is 5.73 Å². The molecule has 2 N–H and O–H groups in total. The third-order valence-corrected chi connectivity index (χ3v) is 4.80. The van der Waals surface area contributed by atoms with Crippen molar-refractivity contribution in [1.82, 2.24) is 14.8 Å². The Kier molecular flexibility index (Phi) is 3.80. The molecule has 0 radical (unpaired) electrons. The lowest BCUT2D eigenvalue weighted by Crippen LogP contribution is -2.22. The summed E-state index contributed by atoms with van der Waals surface area (Å²) in [6.07, 6.45) is 3.05. The van der Waals surface area contributed by atoms with E-state index < -0.39 is 5.92 Å². The number of nitriles is 1. The molecule has 1 aliphatic rings. The van der Waals surface area contributed by atoms with Crippen LogP contribution in [0.25, 0.3) is 11.5 Å². The summed E-state index contributed by atoms with van der Waals surface area (Å²) in [7, 11) is 0. The molecule has 0 saturated heterocycles. The smallest absolute Gasteiger partial charge is 0.205 e. The molecule has 3 aromatic rings. The number of hydrogen-bond acceptors (Lipinski definition) is 6. The van der Waals surface area contributed by atoms with Gasteiger partial charge in [0.15, 0.2) is 5.76 Å². The van der Waals surface area contributed by atoms with Crippen molar-refractivity contribution in [1.29, 1.82) is 5.26 Å². The summed E-state index contributed by atoms with van der Waals surface area (Å²) in [6.45, 7) is 0. The first-order valence-electron chi connectivity index (χ1n) is 7.55. The van der Waals surface area contributed by atoms with Crippen LogP contribution in [-0.2, 0) is 4.74 Å². The lowest BCUT2D eigenvalue weighted by Gasteiger charge is -2.28. The Labute approximate surface area is 148 Å². The van der Waals surface area contributed by atoms with Crippen LogP contribution in [0.15, 0.2) is 72.0 Å². The number of allylic oxidation sites excluding steroid dienone is 2. The second kappa shape index (κ2) is 6.26. The molecular weight excluding hydrogens is 334 g/mol. The van der Waals surface area contributed by atoms with E-state index in [4.69, 9.17) is 10.5 Å². The van der Waals surface area contributed by atoms with Crippen molar-refractivity contribution in [2.75, 3.05) is 0 Å². The Morgan fingerprint density at radius 3 is 2.68 bits per heavy atom. The average molecular weight is 347 g/mol. The van der Waals surface area contributed by atoms with Gasteiger partial charge in [-0.15, -0.1) is 11.3 Å². The highest BCUT2D eigenvalue weighted by Crippen LogP contribution is 2.44. The van der Waals surface area contributed by atoms with Gasteiger partial charge in [-0.3, -0.25) is 0 Å². The van der Waals surface area contributed by atoms with Crippen LogP contribution < -0.4 is 5.73 Å². The molecule has 0 spiro atoms. The number of ether oxygens (including phenoxy) is 1. The molecule has 1 aromatic carbocycles. The number of rotatable bonds is 3. The molecule has 0 saturated carbocycles. The fraction of sp³-hybridized carbons (Fsp3) is 0.0556. The summed E-state index contributed by atoms with van der Waals surface area (Å²) in [4.78, 5) is 4.96. The van der Waals surface area contributed by atoms with E-state index in [2.05, 4.69) is 16.2 Å². The van der Waals surface area contributed by atoms with Crippen LogP contribution in [-0.4, -0.2) is 14.8 Å². The van der Waals surface area contributed by atoms with Crippen molar-refractivity contribution in [2.45, 2.75) is 5.92 Å². The van der Waals surface area contributed by atoms with E-state index >= 15 is 0 Å². The quantitative estimate of drug-likeness (QED) is 0.786. The standard InChI is InChI=1S/C18H13N5OS/c19-9-13-15(12-5-2-1-3-6-12)16(23-11-21-10-22-23)17(24-18(13)20)14-7-4-8-25-14/h1-8,10-11,15H,20H2. The zero-order valence-corrected chi connectivity index (χ0v) is 13.9. The summed E-state index contributed by atoms with van der Waals surface area (Å²) < 4.78 is 7.49. The van der Waals surface area contributed by atoms with E-state index in [1.165, 1.54) is 17.7 Å². The van der Waals surface area contributed by atoms with Crippen LogP contribution in [0.1, 0.15) is 16.4 Å². The summed E-state index contributed by atoms with van der Waals surface area (Å²) >= 11 is 1.53. The molecule has 3 heterocycles. The normalized spacial score (nSPS) is 17.3. The fourth-order valence-corrected chi connectivity index (χ4v) is 3.58. The summed E-state index contributed by atoms with van der Waals surface area (Å²) in [5, 5.41) is 15.9. The van der Waals surface area contributed by atoms with E-state index in [9.17, 15) is 5.26 Å². The van der Waals surface area contributed by atoms with Gasteiger partial charge in [-0.1, -0.05) is 36.4 Å². The van der Waals surface area contributed by atoms with Gasteiger partial charge >= 0.3 is 0 Å². The third-order valence-electron chi connectivity index (χ3n) is 3.94. The predicted molar refractivity (Wildman–Crippen MR) is 94.5 cm³/mol. The Balaban J connectivity index is 2.01. The molecule has 0 aliphatic carbocycles. The molecule has 0 amide bonds. The van der Waals surface area contributed by atoms with E-state index in [0.29, 0.717) is 11.3 Å². The van der Waals surface area contributed by atoms with Gasteiger partial charge < -0.3 is 10.5 Å². The number of hydrogen-bond donors (Lipinski definition) is 1. The number of nitrogens with zero attached hydrogens (tertiary/aromatic N) is 4. The van der Waals surface area contributed by atoms with Crippen LogP contribution in [0, 0.1) is 11.3 Å². The Hall–Kier alpha value is -3.37. The molecule has 0 fully saturated rings. The minimum atomic E-state index is -0.390. The van der Waals surface area contributed by atoms with Crippen LogP contribution in [0.2, 0.25) is 0 Å². The SMILES string of the molecule is N#CC1=C(N)OC(c2cccs2)=C(n2cncn2)C1c1ccccc1. The van der Waals surface area contributed by atoms with Crippen molar-refractivity contribution in [3.05, 3.63) is 82.4 Å². The van der Waals surface area contributed by atoms with Gasteiger partial charge in [0, 0.05) is 0 Å². The van der Waals surface area contributed by atoms with Gasteiger partial charge in [0.05, 0.1) is 10.8 Å². The van der Waals surface area contributed by atoms with E-state index in [0.717, 1.165) is 16.1 Å². The molecule has 1 unspecified atom stereocenters. The van der Waals surface area contributed by atoms with Crippen molar-refractivity contribution in [3.8, 4) is 6.07 Å². The van der Waals surface area contributed by atoms with Gasteiger partial charge in [-0.2, -0.15) is 10.4 Å². The largest absolute Gasteiger partial charge is 0.437 e. The maximum atomic E-state index is 9.69. The second-order valence-corrected chi connectivity index (χ2v) is 6.31. The first-order chi connectivity index (χ1) is 12.3. The number of thiophene rings is 1. The lowest BCUT2D eigenvalue weighted by atomic mass is 9.86. The van der Waals surface area contributed by atoms with Crippen LogP contribution in [0.5, 0.6) is 0 Å². The molecule has 1 atom stereocenters. The second-order valence-electron chi connectivity index (χ2n) is 5.37. The minimum absolute atomic E-state index is 0.114. The zero-order valence-electron chi connectivity index (χ0n) is 13.0. The Morgan fingerprint density at radius 2 is 2.04 bits per heavy atom. The lowest BCUT2D eigenvalue weighted by molar-refractivity contribution is 0.361. The summed E-state index contributed by atoms with van der Waals surface area (Å²) in [5.74, 6) is 0.313. The van der Waals surface area contributed by atoms with Crippen LogP contribution in [0.4, 0.5) is 0 Å².